The van der Waals surface area contributed by atoms with Crippen molar-refractivity contribution in [1.82, 2.24) is 14.5 Å². The van der Waals surface area contributed by atoms with E-state index in [9.17, 15) is 18.3 Å². The van der Waals surface area contributed by atoms with Gasteiger partial charge in [0.1, 0.15) is 4.90 Å². The maximum atomic E-state index is 12.7. The summed E-state index contributed by atoms with van der Waals surface area (Å²) in [4.78, 5) is 11.0. The number of ether oxygens (including phenoxy) is 2. The minimum atomic E-state index is -4.10. The van der Waals surface area contributed by atoms with Crippen molar-refractivity contribution in [2.24, 2.45) is 7.05 Å². The maximum Gasteiger partial charge on any atom is 0.355 e. The molecule has 1 heterocycles. The maximum absolute atomic E-state index is 12.7. The zero-order valence-electron chi connectivity index (χ0n) is 16.3. The van der Waals surface area contributed by atoms with Gasteiger partial charge in [-0.15, -0.1) is 0 Å². The molecule has 2 N–H and O–H groups in total. The molecule has 0 aliphatic heterocycles. The van der Waals surface area contributed by atoms with E-state index in [1.165, 1.54) is 14.2 Å². The molecule has 0 amide bonds. The first-order chi connectivity index (χ1) is 13.2. The van der Waals surface area contributed by atoms with Gasteiger partial charge in [0.05, 0.1) is 19.9 Å². The predicted octanol–water partition coefficient (Wildman–Crippen LogP) is 2.35. The van der Waals surface area contributed by atoms with Crippen LogP contribution in [0.5, 0.6) is 11.5 Å². The average molecular weight is 411 g/mol. The molecule has 0 bridgehead atoms. The van der Waals surface area contributed by atoms with Gasteiger partial charge in [-0.3, -0.25) is 4.68 Å². The van der Waals surface area contributed by atoms with Crippen LogP contribution >= 0.6 is 0 Å². The zero-order chi connectivity index (χ0) is 20.9. The Morgan fingerprint density at radius 2 is 2.07 bits per heavy atom. The van der Waals surface area contributed by atoms with Crippen LogP contribution < -0.4 is 14.2 Å². The molecule has 154 valence electrons. The van der Waals surface area contributed by atoms with E-state index in [4.69, 9.17) is 9.47 Å². The Kier molecular flexibility index (Phi) is 7.03. The molecule has 1 atom stereocenters. The molecule has 0 saturated heterocycles. The highest BCUT2D eigenvalue weighted by molar-refractivity contribution is 7.89. The summed E-state index contributed by atoms with van der Waals surface area (Å²) in [7, 11) is -1.22. The van der Waals surface area contributed by atoms with Gasteiger partial charge in [0.15, 0.2) is 17.2 Å². The van der Waals surface area contributed by atoms with Crippen molar-refractivity contribution < 1.29 is 27.8 Å². The minimum absolute atomic E-state index is 0.388. The Labute approximate surface area is 164 Å². The summed E-state index contributed by atoms with van der Waals surface area (Å²) in [5.41, 5.74) is 0.237. The molecule has 2 aromatic rings. The Morgan fingerprint density at radius 1 is 1.36 bits per heavy atom. The molecule has 0 spiro atoms. The minimum Gasteiger partial charge on any atom is -0.493 e. The van der Waals surface area contributed by atoms with Crippen LogP contribution in [0.15, 0.2) is 29.3 Å². The molecule has 0 radical (unpaired) electrons. The quantitative estimate of drug-likeness (QED) is 0.576. The second-order valence-electron chi connectivity index (χ2n) is 6.24. The van der Waals surface area contributed by atoms with Crippen molar-refractivity contribution in [2.75, 3.05) is 13.7 Å². The summed E-state index contributed by atoms with van der Waals surface area (Å²) < 4.78 is 39.8. The number of carbonyl (C=O) groups is 1. The van der Waals surface area contributed by atoms with E-state index in [0.29, 0.717) is 23.7 Å². The van der Waals surface area contributed by atoms with Gasteiger partial charge in [0, 0.05) is 13.1 Å². The monoisotopic (exact) mass is 411 g/mol. The topological polar surface area (TPSA) is 120 Å². The van der Waals surface area contributed by atoms with Gasteiger partial charge in [-0.05, 0) is 31.0 Å². The first-order valence-electron chi connectivity index (χ1n) is 8.79. The van der Waals surface area contributed by atoms with Crippen molar-refractivity contribution in [3.8, 4) is 11.5 Å². The zero-order valence-corrected chi connectivity index (χ0v) is 17.1. The molecule has 2 rings (SSSR count). The number of rotatable bonds is 10. The highest BCUT2D eigenvalue weighted by Crippen LogP contribution is 2.31. The lowest BCUT2D eigenvalue weighted by atomic mass is 10.1. The molecule has 1 aromatic carbocycles. The second-order valence-corrected chi connectivity index (χ2v) is 7.92. The van der Waals surface area contributed by atoms with E-state index in [-0.39, 0.29) is 4.90 Å². The number of methoxy groups -OCH3 is 1. The standard InChI is InChI=1S/C18H25N3O6S/c1-5-6-9-27-14-8-7-13(10-15(14)26-4)12(2)20-28(24,25)16-11-19-21(3)17(16)18(22)23/h7-8,10-12,20H,5-6,9H2,1-4H3,(H,22,23). The third-order valence-electron chi connectivity index (χ3n) is 4.17. The lowest BCUT2D eigenvalue weighted by Crippen LogP contribution is -2.28. The number of aromatic nitrogens is 2. The molecule has 9 nitrogen and oxygen atoms in total. The molecule has 10 heteroatoms. The SMILES string of the molecule is CCCCOc1ccc(C(C)NS(=O)(=O)c2cnn(C)c2C(=O)O)cc1OC. The summed E-state index contributed by atoms with van der Waals surface area (Å²) in [6, 6.07) is 4.51. The van der Waals surface area contributed by atoms with Crippen LogP contribution in [0.1, 0.15) is 48.8 Å². The van der Waals surface area contributed by atoms with Crippen molar-refractivity contribution >= 4 is 16.0 Å². The molecule has 1 aromatic heterocycles. The van der Waals surface area contributed by atoms with Gasteiger partial charge in [0.25, 0.3) is 0 Å². The summed E-state index contributed by atoms with van der Waals surface area (Å²) in [6.45, 7) is 4.28. The van der Waals surface area contributed by atoms with Crippen molar-refractivity contribution in [3.05, 3.63) is 35.7 Å². The molecule has 28 heavy (non-hydrogen) atoms. The average Bonchev–Trinajstić information content (AvgIpc) is 3.04. The molecule has 0 aliphatic carbocycles. The third-order valence-corrected chi connectivity index (χ3v) is 5.71. The number of aryl methyl sites for hydroxylation is 1. The number of unbranched alkanes of at least 4 members (excludes halogenated alkanes) is 1. The fraction of sp³-hybridized carbons (Fsp3) is 0.444. The highest BCUT2D eigenvalue weighted by atomic mass is 32.2. The fourth-order valence-electron chi connectivity index (χ4n) is 2.62. The van der Waals surface area contributed by atoms with E-state index < -0.39 is 27.7 Å². The van der Waals surface area contributed by atoms with Crippen LogP contribution in [0.4, 0.5) is 0 Å². The first kappa shape index (κ1) is 21.7. The smallest absolute Gasteiger partial charge is 0.355 e. The number of aromatic carboxylic acids is 1. The summed E-state index contributed by atoms with van der Waals surface area (Å²) in [5, 5.41) is 13.0. The number of sulfonamides is 1. The van der Waals surface area contributed by atoms with Gasteiger partial charge in [0.2, 0.25) is 10.0 Å². The van der Waals surface area contributed by atoms with Gasteiger partial charge in [-0.25, -0.2) is 17.9 Å². The summed E-state index contributed by atoms with van der Waals surface area (Å²) in [5.74, 6) is -0.300. The molecular formula is C18H25N3O6S. The number of benzene rings is 1. The van der Waals surface area contributed by atoms with E-state index in [0.717, 1.165) is 23.7 Å². The molecule has 0 aliphatic rings. The van der Waals surface area contributed by atoms with Gasteiger partial charge >= 0.3 is 5.97 Å². The lowest BCUT2D eigenvalue weighted by Gasteiger charge is -2.17. The number of nitrogens with one attached hydrogen (secondary N) is 1. The molecule has 0 fully saturated rings. The third kappa shape index (κ3) is 4.82. The molecular weight excluding hydrogens is 386 g/mol. The number of carboxylic acid groups (broad SMARTS) is 1. The fourth-order valence-corrected chi connectivity index (χ4v) is 4.01. The van der Waals surface area contributed by atoms with Gasteiger partial charge < -0.3 is 14.6 Å². The van der Waals surface area contributed by atoms with E-state index in [1.54, 1.807) is 25.1 Å². The molecule has 1 unspecified atom stereocenters. The number of nitrogens with zero attached hydrogens (tertiary/aromatic N) is 2. The van der Waals surface area contributed by atoms with Crippen LogP contribution in [0.2, 0.25) is 0 Å². The summed E-state index contributed by atoms with van der Waals surface area (Å²) in [6.07, 6.45) is 2.94. The van der Waals surface area contributed by atoms with Gasteiger partial charge in [-0.2, -0.15) is 5.10 Å². The predicted molar refractivity (Wildman–Crippen MR) is 102 cm³/mol. The van der Waals surface area contributed by atoms with Crippen LogP contribution in [0.25, 0.3) is 0 Å². The van der Waals surface area contributed by atoms with Crippen LogP contribution in [0, 0.1) is 0 Å². The van der Waals surface area contributed by atoms with E-state index >= 15 is 0 Å². The highest BCUT2D eigenvalue weighted by Gasteiger charge is 2.28. The first-order valence-corrected chi connectivity index (χ1v) is 10.3. The number of hydrogen-bond acceptors (Lipinski definition) is 6. The van der Waals surface area contributed by atoms with Crippen LogP contribution in [-0.4, -0.2) is 43.0 Å². The van der Waals surface area contributed by atoms with Crippen LogP contribution in [-0.2, 0) is 17.1 Å². The van der Waals surface area contributed by atoms with Crippen molar-refractivity contribution in [3.63, 3.8) is 0 Å². The lowest BCUT2D eigenvalue weighted by molar-refractivity contribution is 0.0680. The Morgan fingerprint density at radius 3 is 2.68 bits per heavy atom. The summed E-state index contributed by atoms with van der Waals surface area (Å²) >= 11 is 0. The second kappa shape index (κ2) is 9.07. The van der Waals surface area contributed by atoms with E-state index in [2.05, 4.69) is 16.7 Å². The molecule has 0 saturated carbocycles. The Hall–Kier alpha value is -2.59. The van der Waals surface area contributed by atoms with Gasteiger partial charge in [-0.1, -0.05) is 19.4 Å². The Bertz CT molecular complexity index is 939. The number of hydrogen-bond donors (Lipinski definition) is 2. The van der Waals surface area contributed by atoms with Crippen molar-refractivity contribution in [2.45, 2.75) is 37.6 Å². The number of carboxylic acids is 1. The van der Waals surface area contributed by atoms with Crippen molar-refractivity contribution in [1.29, 1.82) is 0 Å². The normalized spacial score (nSPS) is 12.6. The Balaban J connectivity index is 2.24. The van der Waals surface area contributed by atoms with E-state index in [1.807, 2.05) is 0 Å². The largest absolute Gasteiger partial charge is 0.493 e. The van der Waals surface area contributed by atoms with Crippen LogP contribution in [0.3, 0.4) is 0 Å².